The standard InChI is InChI=1S/C21H21ClN2O7S/c1-11(25)28-17-10-32-21(20(30-13(3)27)19(17)29-12(2)26)31-15-4-5-16(24-9-15)14-6-7-23-18(22)8-14/h4-9,17,19-21H,10H2,1-3H3/t17-,19+,20-,21+/m1/s1. The molecule has 0 N–H and O–H groups in total. The van der Waals surface area contributed by atoms with Crippen molar-refractivity contribution in [2.75, 3.05) is 5.75 Å². The Labute approximate surface area is 193 Å². The van der Waals surface area contributed by atoms with Crippen molar-refractivity contribution in [1.29, 1.82) is 0 Å². The van der Waals surface area contributed by atoms with Crippen LogP contribution in [0.25, 0.3) is 11.3 Å². The summed E-state index contributed by atoms with van der Waals surface area (Å²) in [5.41, 5.74) is 0.737. The molecule has 1 aliphatic heterocycles. The van der Waals surface area contributed by atoms with Gasteiger partial charge in [-0.3, -0.25) is 19.4 Å². The van der Waals surface area contributed by atoms with E-state index >= 15 is 0 Å². The molecule has 3 rings (SSSR count). The summed E-state index contributed by atoms with van der Waals surface area (Å²) in [4.78, 5) is 43.2. The lowest BCUT2D eigenvalue weighted by Crippen LogP contribution is -2.55. The Morgan fingerprint density at radius 2 is 1.66 bits per heavy atom. The number of aromatic nitrogens is 2. The summed E-state index contributed by atoms with van der Waals surface area (Å²) in [7, 11) is 0. The van der Waals surface area contributed by atoms with Crippen molar-refractivity contribution in [3.8, 4) is 17.0 Å². The minimum absolute atomic E-state index is 0.279. The molecule has 0 saturated carbocycles. The molecular formula is C21H21ClN2O7S. The average Bonchev–Trinajstić information content (AvgIpc) is 2.72. The Kier molecular flexibility index (Phi) is 7.92. The van der Waals surface area contributed by atoms with Gasteiger partial charge in [0.2, 0.25) is 0 Å². The van der Waals surface area contributed by atoms with Crippen molar-refractivity contribution < 1.29 is 33.3 Å². The summed E-state index contributed by atoms with van der Waals surface area (Å²) in [6.07, 6.45) is 0.299. The van der Waals surface area contributed by atoms with Gasteiger partial charge in [0.1, 0.15) is 10.9 Å². The van der Waals surface area contributed by atoms with E-state index in [2.05, 4.69) is 9.97 Å². The molecule has 2 aromatic rings. The summed E-state index contributed by atoms with van der Waals surface area (Å²) < 4.78 is 22.0. The van der Waals surface area contributed by atoms with Gasteiger partial charge in [-0.15, -0.1) is 11.8 Å². The maximum Gasteiger partial charge on any atom is 0.303 e. The normalized spacial score (nSPS) is 22.5. The second kappa shape index (κ2) is 10.6. The first-order chi connectivity index (χ1) is 15.2. The number of thioether (sulfide) groups is 1. The fraction of sp³-hybridized carbons (Fsp3) is 0.381. The van der Waals surface area contributed by atoms with Crippen LogP contribution in [0.4, 0.5) is 0 Å². The van der Waals surface area contributed by atoms with E-state index < -0.39 is 41.7 Å². The Morgan fingerprint density at radius 3 is 2.25 bits per heavy atom. The Hall–Kier alpha value is -2.85. The number of hydrogen-bond acceptors (Lipinski definition) is 10. The minimum Gasteiger partial charge on any atom is -0.474 e. The van der Waals surface area contributed by atoms with Gasteiger partial charge >= 0.3 is 17.9 Å². The zero-order valence-corrected chi connectivity index (χ0v) is 19.1. The van der Waals surface area contributed by atoms with Crippen LogP contribution in [0.1, 0.15) is 20.8 Å². The van der Waals surface area contributed by atoms with Crippen LogP contribution in [0.3, 0.4) is 0 Å². The molecule has 1 aliphatic rings. The molecule has 3 heterocycles. The largest absolute Gasteiger partial charge is 0.474 e. The first kappa shape index (κ1) is 23.8. The van der Waals surface area contributed by atoms with Crippen molar-refractivity contribution in [3.63, 3.8) is 0 Å². The van der Waals surface area contributed by atoms with Gasteiger partial charge in [-0.25, -0.2) is 4.98 Å². The second-order valence-electron chi connectivity index (χ2n) is 6.86. The van der Waals surface area contributed by atoms with Crippen LogP contribution in [-0.4, -0.2) is 57.4 Å². The average molecular weight is 481 g/mol. The van der Waals surface area contributed by atoms with Crippen LogP contribution >= 0.6 is 23.4 Å². The summed E-state index contributed by atoms with van der Waals surface area (Å²) in [5.74, 6) is -1.04. The first-order valence-electron chi connectivity index (χ1n) is 9.61. The number of ether oxygens (including phenoxy) is 4. The number of esters is 3. The minimum atomic E-state index is -1.02. The van der Waals surface area contributed by atoms with E-state index in [0.717, 1.165) is 5.56 Å². The summed E-state index contributed by atoms with van der Waals surface area (Å²) in [6.45, 7) is 3.71. The fourth-order valence-corrected chi connectivity index (χ4v) is 4.52. The molecular weight excluding hydrogens is 460 g/mol. The van der Waals surface area contributed by atoms with Crippen molar-refractivity contribution >= 4 is 41.3 Å². The highest BCUT2D eigenvalue weighted by Crippen LogP contribution is 2.34. The zero-order valence-electron chi connectivity index (χ0n) is 17.5. The smallest absolute Gasteiger partial charge is 0.303 e. The third-order valence-corrected chi connectivity index (χ3v) is 5.74. The molecule has 1 saturated heterocycles. The highest BCUT2D eigenvalue weighted by Gasteiger charge is 2.47. The molecule has 2 aromatic heterocycles. The summed E-state index contributed by atoms with van der Waals surface area (Å²) in [5, 5.41) is 0.353. The SMILES string of the molecule is CC(=O)O[C@@H]1[C@@H](OC(C)=O)[C@@H](Oc2ccc(-c3ccnc(Cl)c3)nc2)SC[C@H]1OC(C)=O. The topological polar surface area (TPSA) is 114 Å². The highest BCUT2D eigenvalue weighted by molar-refractivity contribution is 7.99. The van der Waals surface area contributed by atoms with E-state index in [0.29, 0.717) is 16.6 Å². The molecule has 0 radical (unpaired) electrons. The number of rotatable bonds is 6. The number of hydrogen-bond donors (Lipinski definition) is 0. The maximum absolute atomic E-state index is 11.7. The summed E-state index contributed by atoms with van der Waals surface area (Å²) in [6, 6.07) is 6.93. The van der Waals surface area contributed by atoms with Gasteiger partial charge in [0.05, 0.1) is 11.9 Å². The van der Waals surface area contributed by atoms with Gasteiger partial charge in [0.15, 0.2) is 23.7 Å². The number of nitrogens with zero attached hydrogens (tertiary/aromatic N) is 2. The number of carbonyl (C=O) groups is 3. The van der Waals surface area contributed by atoms with Crippen molar-refractivity contribution in [3.05, 3.63) is 41.8 Å². The third kappa shape index (κ3) is 6.33. The quantitative estimate of drug-likeness (QED) is 0.347. The highest BCUT2D eigenvalue weighted by atomic mass is 35.5. The molecule has 1 fully saturated rings. The van der Waals surface area contributed by atoms with Gasteiger partial charge in [-0.1, -0.05) is 11.6 Å². The van der Waals surface area contributed by atoms with Crippen molar-refractivity contribution in [2.45, 2.75) is 44.5 Å². The first-order valence-corrected chi connectivity index (χ1v) is 11.0. The fourth-order valence-electron chi connectivity index (χ4n) is 3.13. The monoisotopic (exact) mass is 480 g/mol. The lowest BCUT2D eigenvalue weighted by Gasteiger charge is -2.39. The Morgan fingerprint density at radius 1 is 0.969 bits per heavy atom. The predicted octanol–water partition coefficient (Wildman–Crippen LogP) is 3.04. The molecule has 0 aliphatic carbocycles. The molecule has 0 bridgehead atoms. The lowest BCUT2D eigenvalue weighted by molar-refractivity contribution is -0.186. The molecule has 0 unspecified atom stereocenters. The van der Waals surface area contributed by atoms with Gasteiger partial charge < -0.3 is 18.9 Å². The molecule has 0 aromatic carbocycles. The third-order valence-electron chi connectivity index (χ3n) is 4.32. The van der Waals surface area contributed by atoms with Crippen LogP contribution in [-0.2, 0) is 28.6 Å². The van der Waals surface area contributed by atoms with Gasteiger partial charge in [0.25, 0.3) is 0 Å². The molecule has 11 heteroatoms. The van der Waals surface area contributed by atoms with Crippen molar-refractivity contribution in [1.82, 2.24) is 9.97 Å². The van der Waals surface area contributed by atoms with Gasteiger partial charge in [-0.2, -0.15) is 0 Å². The zero-order chi connectivity index (χ0) is 23.3. The molecule has 0 amide bonds. The van der Waals surface area contributed by atoms with Crippen LogP contribution in [0.2, 0.25) is 5.15 Å². The van der Waals surface area contributed by atoms with Crippen LogP contribution < -0.4 is 4.74 Å². The number of carbonyl (C=O) groups excluding carboxylic acids is 3. The number of pyridine rings is 2. The lowest BCUT2D eigenvalue weighted by atomic mass is 10.1. The van der Waals surface area contributed by atoms with E-state index in [1.54, 1.807) is 30.5 Å². The van der Waals surface area contributed by atoms with Crippen LogP contribution in [0.15, 0.2) is 36.7 Å². The van der Waals surface area contributed by atoms with Gasteiger partial charge in [-0.05, 0) is 24.3 Å². The molecule has 170 valence electrons. The van der Waals surface area contributed by atoms with E-state index in [9.17, 15) is 14.4 Å². The Bertz CT molecular complexity index is 988. The number of halogens is 1. The predicted molar refractivity (Wildman–Crippen MR) is 116 cm³/mol. The van der Waals surface area contributed by atoms with Crippen LogP contribution in [0, 0.1) is 0 Å². The summed E-state index contributed by atoms with van der Waals surface area (Å²) >= 11 is 7.20. The van der Waals surface area contributed by atoms with Crippen LogP contribution in [0.5, 0.6) is 5.75 Å². The van der Waals surface area contributed by atoms with Gasteiger partial charge in [0, 0.05) is 38.3 Å². The molecule has 4 atom stereocenters. The Balaban J connectivity index is 1.81. The molecule has 32 heavy (non-hydrogen) atoms. The maximum atomic E-state index is 11.7. The second-order valence-corrected chi connectivity index (χ2v) is 8.38. The van der Waals surface area contributed by atoms with E-state index in [4.69, 9.17) is 30.5 Å². The molecule has 0 spiro atoms. The van der Waals surface area contributed by atoms with E-state index in [1.165, 1.54) is 38.7 Å². The van der Waals surface area contributed by atoms with E-state index in [-0.39, 0.29) is 5.75 Å². The van der Waals surface area contributed by atoms with E-state index in [1.807, 2.05) is 0 Å². The molecule has 9 nitrogen and oxygen atoms in total. The van der Waals surface area contributed by atoms with Crippen molar-refractivity contribution in [2.24, 2.45) is 0 Å².